The number of thioether (sulfide) groups is 1. The van der Waals surface area contributed by atoms with E-state index < -0.39 is 0 Å². The van der Waals surface area contributed by atoms with Crippen molar-refractivity contribution in [1.29, 1.82) is 0 Å². The summed E-state index contributed by atoms with van der Waals surface area (Å²) in [5, 5.41) is 4.87. The topological polar surface area (TPSA) is 15.3 Å². The van der Waals surface area contributed by atoms with Gasteiger partial charge in [0, 0.05) is 40.6 Å². The Morgan fingerprint density at radius 3 is 2.50 bits per heavy atom. The average molecular weight is 357 g/mol. The maximum absolute atomic E-state index is 3.75. The smallest absolute Gasteiger partial charge is 0.0511 e. The van der Waals surface area contributed by atoms with Gasteiger partial charge >= 0.3 is 0 Å². The molecule has 2 atom stereocenters. The van der Waals surface area contributed by atoms with E-state index in [1.54, 1.807) is 0 Å². The average Bonchev–Trinajstić information content (AvgIpc) is 2.35. The highest BCUT2D eigenvalue weighted by molar-refractivity contribution is 9.10. The second-order valence-electron chi connectivity index (χ2n) is 5.98. The third kappa shape index (κ3) is 4.40. The van der Waals surface area contributed by atoms with Crippen molar-refractivity contribution < 1.29 is 0 Å². The molecule has 1 heterocycles. The fourth-order valence-corrected chi connectivity index (χ4v) is 4.62. The quantitative estimate of drug-likeness (QED) is 0.866. The van der Waals surface area contributed by atoms with Crippen molar-refractivity contribution in [3.8, 4) is 0 Å². The summed E-state index contributed by atoms with van der Waals surface area (Å²) in [6.07, 6.45) is 0. The summed E-state index contributed by atoms with van der Waals surface area (Å²) in [5.74, 6) is 0. The van der Waals surface area contributed by atoms with E-state index in [1.807, 2.05) is 0 Å². The van der Waals surface area contributed by atoms with Crippen LogP contribution in [0.25, 0.3) is 0 Å². The molecule has 1 saturated heterocycles. The number of hydrogen-bond donors (Lipinski definition) is 1. The molecule has 1 aliphatic rings. The van der Waals surface area contributed by atoms with Crippen LogP contribution in [0.15, 0.2) is 22.7 Å². The lowest BCUT2D eigenvalue weighted by molar-refractivity contribution is 0.588. The zero-order valence-corrected chi connectivity index (χ0v) is 15.2. The number of hydrogen-bond acceptors (Lipinski definition) is 3. The van der Waals surface area contributed by atoms with Crippen molar-refractivity contribution in [3.05, 3.63) is 28.2 Å². The van der Waals surface area contributed by atoms with Crippen LogP contribution in [0.5, 0.6) is 0 Å². The van der Waals surface area contributed by atoms with Crippen molar-refractivity contribution in [2.24, 2.45) is 0 Å². The first-order valence-corrected chi connectivity index (χ1v) is 9.11. The predicted molar refractivity (Wildman–Crippen MR) is 94.8 cm³/mol. The molecule has 1 aromatic rings. The number of nitrogens with one attached hydrogen (secondary N) is 1. The van der Waals surface area contributed by atoms with E-state index in [0.29, 0.717) is 16.5 Å². The van der Waals surface area contributed by atoms with Gasteiger partial charge in [-0.15, -0.1) is 0 Å². The summed E-state index contributed by atoms with van der Waals surface area (Å²) in [5.41, 5.74) is 2.67. The van der Waals surface area contributed by atoms with Crippen LogP contribution in [0.1, 0.15) is 33.3 Å². The lowest BCUT2D eigenvalue weighted by Gasteiger charge is -2.36. The van der Waals surface area contributed by atoms with Gasteiger partial charge in [0.1, 0.15) is 0 Å². The molecule has 2 unspecified atom stereocenters. The molecule has 0 aromatic heterocycles. The van der Waals surface area contributed by atoms with Crippen molar-refractivity contribution >= 4 is 33.4 Å². The van der Waals surface area contributed by atoms with Gasteiger partial charge in [-0.2, -0.15) is 11.8 Å². The first-order chi connectivity index (χ1) is 9.45. The number of anilines is 1. The summed E-state index contributed by atoms with van der Waals surface area (Å²) in [6.45, 7) is 12.2. The molecular formula is C16H25BrN2S. The van der Waals surface area contributed by atoms with Gasteiger partial charge in [0.05, 0.1) is 5.69 Å². The van der Waals surface area contributed by atoms with E-state index in [-0.39, 0.29) is 0 Å². The molecule has 1 aliphatic heterocycles. The van der Waals surface area contributed by atoms with Gasteiger partial charge in [-0.3, -0.25) is 0 Å². The Morgan fingerprint density at radius 1 is 1.30 bits per heavy atom. The number of rotatable bonds is 4. The van der Waals surface area contributed by atoms with Gasteiger partial charge in [0.2, 0.25) is 0 Å². The Hall–Kier alpha value is -0.190. The van der Waals surface area contributed by atoms with E-state index in [9.17, 15) is 0 Å². The lowest BCUT2D eigenvalue weighted by atomic mass is 10.1. The molecule has 4 heteroatoms. The van der Waals surface area contributed by atoms with Crippen LogP contribution in [-0.4, -0.2) is 29.6 Å². The van der Waals surface area contributed by atoms with Crippen LogP contribution in [0, 0.1) is 0 Å². The first kappa shape index (κ1) is 16.2. The zero-order chi connectivity index (χ0) is 14.7. The maximum Gasteiger partial charge on any atom is 0.0511 e. The molecule has 1 aromatic carbocycles. The molecule has 0 bridgehead atoms. The normalized spacial score (nSPS) is 23.4. The third-order valence-electron chi connectivity index (χ3n) is 3.49. The molecule has 2 rings (SSSR count). The number of halogens is 1. The minimum absolute atomic E-state index is 0.522. The van der Waals surface area contributed by atoms with E-state index in [4.69, 9.17) is 0 Å². The fourth-order valence-electron chi connectivity index (χ4n) is 2.61. The highest BCUT2D eigenvalue weighted by atomic mass is 79.9. The molecule has 20 heavy (non-hydrogen) atoms. The molecule has 112 valence electrons. The van der Waals surface area contributed by atoms with E-state index in [2.05, 4.69) is 83.8 Å². The van der Waals surface area contributed by atoms with E-state index in [0.717, 1.165) is 19.6 Å². The summed E-state index contributed by atoms with van der Waals surface area (Å²) >= 11 is 5.85. The lowest BCUT2D eigenvalue weighted by Crippen LogP contribution is -2.40. The Kier molecular flexibility index (Phi) is 5.82. The summed E-state index contributed by atoms with van der Waals surface area (Å²) in [6, 6.07) is 7.28. The van der Waals surface area contributed by atoms with Crippen molar-refractivity contribution in [1.82, 2.24) is 5.32 Å². The molecule has 1 fully saturated rings. The minimum atomic E-state index is 0.522. The van der Waals surface area contributed by atoms with Crippen LogP contribution in [0.3, 0.4) is 0 Å². The second-order valence-corrected chi connectivity index (χ2v) is 8.72. The highest BCUT2D eigenvalue weighted by Crippen LogP contribution is 2.33. The molecule has 0 amide bonds. The Morgan fingerprint density at radius 2 is 1.95 bits per heavy atom. The monoisotopic (exact) mass is 356 g/mol. The van der Waals surface area contributed by atoms with Gasteiger partial charge in [0.25, 0.3) is 0 Å². The SMILES string of the molecule is CC(C)NCc1ccc(N2CC(C)SC(C)C2)c(Br)c1. The molecule has 0 saturated carbocycles. The van der Waals surface area contributed by atoms with Crippen molar-refractivity contribution in [2.75, 3.05) is 18.0 Å². The van der Waals surface area contributed by atoms with Crippen LogP contribution in [-0.2, 0) is 6.54 Å². The van der Waals surface area contributed by atoms with Gasteiger partial charge < -0.3 is 10.2 Å². The number of nitrogens with zero attached hydrogens (tertiary/aromatic N) is 1. The van der Waals surface area contributed by atoms with Crippen molar-refractivity contribution in [3.63, 3.8) is 0 Å². The van der Waals surface area contributed by atoms with Crippen LogP contribution in [0.4, 0.5) is 5.69 Å². The molecule has 0 spiro atoms. The number of benzene rings is 1. The summed E-state index contributed by atoms with van der Waals surface area (Å²) < 4.78 is 1.21. The van der Waals surface area contributed by atoms with Crippen LogP contribution < -0.4 is 10.2 Å². The van der Waals surface area contributed by atoms with E-state index in [1.165, 1.54) is 15.7 Å². The standard InChI is InChI=1S/C16H25BrN2S/c1-11(2)18-8-14-5-6-16(15(17)7-14)19-9-12(3)20-13(4)10-19/h5-7,11-13,18H,8-10H2,1-4H3. The predicted octanol–water partition coefficient (Wildman–Crippen LogP) is 4.28. The van der Waals surface area contributed by atoms with Gasteiger partial charge in [0.15, 0.2) is 0 Å². The molecule has 0 aliphatic carbocycles. The Bertz CT molecular complexity index is 440. The molecular weight excluding hydrogens is 332 g/mol. The van der Waals surface area contributed by atoms with Crippen molar-refractivity contribution in [2.45, 2.75) is 50.8 Å². The highest BCUT2D eigenvalue weighted by Gasteiger charge is 2.23. The summed E-state index contributed by atoms with van der Waals surface area (Å²) in [4.78, 5) is 2.51. The van der Waals surface area contributed by atoms with Crippen LogP contribution >= 0.6 is 27.7 Å². The molecule has 0 radical (unpaired) electrons. The Balaban J connectivity index is 2.09. The minimum Gasteiger partial charge on any atom is -0.368 e. The van der Waals surface area contributed by atoms with E-state index >= 15 is 0 Å². The van der Waals surface area contributed by atoms with Gasteiger partial charge in [-0.05, 0) is 33.6 Å². The summed E-state index contributed by atoms with van der Waals surface area (Å²) in [7, 11) is 0. The van der Waals surface area contributed by atoms with Gasteiger partial charge in [-0.1, -0.05) is 33.8 Å². The van der Waals surface area contributed by atoms with Crippen LogP contribution in [0.2, 0.25) is 0 Å². The molecule has 1 N–H and O–H groups in total. The van der Waals surface area contributed by atoms with Gasteiger partial charge in [-0.25, -0.2) is 0 Å². The molecule has 2 nitrogen and oxygen atoms in total. The largest absolute Gasteiger partial charge is 0.368 e. The third-order valence-corrected chi connectivity index (χ3v) is 5.35. The second kappa shape index (κ2) is 7.19. The Labute approximate surface area is 135 Å². The zero-order valence-electron chi connectivity index (χ0n) is 12.8. The first-order valence-electron chi connectivity index (χ1n) is 7.38. The fraction of sp³-hybridized carbons (Fsp3) is 0.625. The maximum atomic E-state index is 3.75.